The van der Waals surface area contributed by atoms with Gasteiger partial charge in [0.1, 0.15) is 5.76 Å². The van der Waals surface area contributed by atoms with Gasteiger partial charge >= 0.3 is 5.97 Å². The van der Waals surface area contributed by atoms with Crippen LogP contribution in [0.2, 0.25) is 0 Å². The summed E-state index contributed by atoms with van der Waals surface area (Å²) >= 11 is 0. The molecular formula is C15H18O3. The number of ether oxygens (including phenoxy) is 1. The van der Waals surface area contributed by atoms with Gasteiger partial charge in [-0.3, -0.25) is 4.79 Å². The number of ketones is 1. The first kappa shape index (κ1) is 14.2. The van der Waals surface area contributed by atoms with Gasteiger partial charge in [-0.05, 0) is 25.0 Å². The molecule has 0 unspecified atom stereocenters. The lowest BCUT2D eigenvalue weighted by Crippen LogP contribution is -2.08. The van der Waals surface area contributed by atoms with Crippen LogP contribution in [0.3, 0.4) is 0 Å². The van der Waals surface area contributed by atoms with Crippen molar-refractivity contribution in [2.24, 2.45) is 5.92 Å². The average molecular weight is 246 g/mol. The zero-order valence-electron chi connectivity index (χ0n) is 11.0. The molecule has 0 atom stereocenters. The molecule has 0 aromatic heterocycles. The maximum absolute atomic E-state index is 11.8. The van der Waals surface area contributed by atoms with Crippen molar-refractivity contribution >= 4 is 11.8 Å². The van der Waals surface area contributed by atoms with Crippen molar-refractivity contribution < 1.29 is 14.3 Å². The van der Waals surface area contributed by atoms with Crippen LogP contribution in [0.25, 0.3) is 0 Å². The highest BCUT2D eigenvalue weighted by Crippen LogP contribution is 2.14. The van der Waals surface area contributed by atoms with Crippen LogP contribution in [0.15, 0.2) is 42.2 Å². The number of benzene rings is 1. The minimum Gasteiger partial charge on any atom is -0.427 e. The largest absolute Gasteiger partial charge is 0.427 e. The Balaban J connectivity index is 2.78. The van der Waals surface area contributed by atoms with E-state index in [0.717, 1.165) is 0 Å². The van der Waals surface area contributed by atoms with Crippen molar-refractivity contribution in [1.82, 2.24) is 0 Å². The van der Waals surface area contributed by atoms with Crippen molar-refractivity contribution in [3.63, 3.8) is 0 Å². The molecule has 96 valence electrons. The minimum absolute atomic E-state index is 0.119. The predicted molar refractivity (Wildman–Crippen MR) is 70.1 cm³/mol. The topological polar surface area (TPSA) is 43.4 Å². The minimum atomic E-state index is -0.427. The first-order valence-electron chi connectivity index (χ1n) is 5.97. The van der Waals surface area contributed by atoms with Crippen LogP contribution in [-0.4, -0.2) is 11.8 Å². The Labute approximate surface area is 107 Å². The zero-order chi connectivity index (χ0) is 13.5. The second kappa shape index (κ2) is 6.74. The number of rotatable bonds is 5. The van der Waals surface area contributed by atoms with Gasteiger partial charge in [-0.1, -0.05) is 32.0 Å². The van der Waals surface area contributed by atoms with Crippen molar-refractivity contribution in [2.45, 2.75) is 27.2 Å². The molecule has 0 aliphatic heterocycles. The molecule has 1 aromatic rings. The number of allylic oxidation sites excluding steroid dienone is 2. The molecule has 3 nitrogen and oxygen atoms in total. The normalized spacial score (nSPS) is 11.4. The molecule has 0 fully saturated rings. The van der Waals surface area contributed by atoms with Gasteiger partial charge in [0.2, 0.25) is 0 Å². The summed E-state index contributed by atoms with van der Waals surface area (Å²) in [6.07, 6.45) is 1.94. The summed E-state index contributed by atoms with van der Waals surface area (Å²) in [4.78, 5) is 22.9. The Hall–Kier alpha value is -1.90. The smallest absolute Gasteiger partial charge is 0.343 e. The first-order chi connectivity index (χ1) is 8.49. The second-order valence-corrected chi connectivity index (χ2v) is 4.57. The third-order valence-corrected chi connectivity index (χ3v) is 2.21. The fourth-order valence-electron chi connectivity index (χ4n) is 1.51. The van der Waals surface area contributed by atoms with Gasteiger partial charge in [0.15, 0.2) is 5.78 Å². The Kier molecular flexibility index (Phi) is 5.31. The predicted octanol–water partition coefficient (Wildman–Crippen LogP) is 3.36. The molecule has 0 saturated carbocycles. The van der Waals surface area contributed by atoms with Crippen molar-refractivity contribution in [1.29, 1.82) is 0 Å². The maximum atomic E-state index is 11.8. The second-order valence-electron chi connectivity index (χ2n) is 4.57. The molecule has 0 aliphatic carbocycles. The third-order valence-electron chi connectivity index (χ3n) is 2.21. The lowest BCUT2D eigenvalue weighted by molar-refractivity contribution is -0.112. The summed E-state index contributed by atoms with van der Waals surface area (Å²) in [6, 6.07) is 8.74. The molecular weight excluding hydrogens is 228 g/mol. The molecule has 1 rings (SSSR count). The van der Waals surface area contributed by atoms with Crippen LogP contribution in [0.4, 0.5) is 0 Å². The van der Waals surface area contributed by atoms with Crippen LogP contribution in [-0.2, 0) is 9.53 Å². The van der Waals surface area contributed by atoms with Crippen molar-refractivity contribution in [3.8, 4) is 0 Å². The van der Waals surface area contributed by atoms with E-state index in [4.69, 9.17) is 4.74 Å². The van der Waals surface area contributed by atoms with Crippen LogP contribution >= 0.6 is 0 Å². The Morgan fingerprint density at radius 2 is 1.83 bits per heavy atom. The van der Waals surface area contributed by atoms with Gasteiger partial charge in [-0.25, -0.2) is 4.79 Å². The lowest BCUT2D eigenvalue weighted by Gasteiger charge is -2.10. The van der Waals surface area contributed by atoms with Gasteiger partial charge in [-0.2, -0.15) is 0 Å². The average Bonchev–Trinajstić information content (AvgIpc) is 2.28. The molecule has 0 spiro atoms. The number of hydrogen-bond acceptors (Lipinski definition) is 3. The summed E-state index contributed by atoms with van der Waals surface area (Å²) in [5.41, 5.74) is 0.482. The SMILES string of the molecule is CC(=O)/C=C(\CC(C)C)OC(=O)c1ccccc1. The molecule has 0 aliphatic rings. The van der Waals surface area contributed by atoms with E-state index in [1.54, 1.807) is 24.3 Å². The standard InChI is InChI=1S/C15H18O3/c1-11(2)9-14(10-12(3)16)18-15(17)13-7-5-4-6-8-13/h4-8,10-11H,9H2,1-3H3/b14-10+. The van der Waals surface area contributed by atoms with E-state index in [1.165, 1.54) is 13.0 Å². The maximum Gasteiger partial charge on any atom is 0.343 e. The van der Waals surface area contributed by atoms with E-state index in [9.17, 15) is 9.59 Å². The molecule has 0 N–H and O–H groups in total. The van der Waals surface area contributed by atoms with E-state index in [-0.39, 0.29) is 5.78 Å². The number of hydrogen-bond donors (Lipinski definition) is 0. The van der Waals surface area contributed by atoms with Crippen molar-refractivity contribution in [3.05, 3.63) is 47.7 Å². The monoisotopic (exact) mass is 246 g/mol. The number of carbonyl (C=O) groups is 2. The van der Waals surface area contributed by atoms with E-state index < -0.39 is 5.97 Å². The van der Waals surface area contributed by atoms with E-state index in [2.05, 4.69) is 0 Å². The molecule has 3 heteroatoms. The quantitative estimate of drug-likeness (QED) is 0.454. The Morgan fingerprint density at radius 3 is 2.33 bits per heavy atom. The molecule has 18 heavy (non-hydrogen) atoms. The van der Waals surface area contributed by atoms with E-state index >= 15 is 0 Å². The Morgan fingerprint density at radius 1 is 1.22 bits per heavy atom. The highest BCUT2D eigenvalue weighted by Gasteiger charge is 2.11. The number of esters is 1. The highest BCUT2D eigenvalue weighted by atomic mass is 16.5. The molecule has 0 saturated heterocycles. The van der Waals surface area contributed by atoms with Crippen LogP contribution in [0, 0.1) is 5.92 Å². The van der Waals surface area contributed by atoms with Gasteiger partial charge in [0.05, 0.1) is 5.56 Å². The lowest BCUT2D eigenvalue weighted by atomic mass is 10.1. The molecule has 0 bridgehead atoms. The summed E-state index contributed by atoms with van der Waals surface area (Å²) in [5.74, 6) is 0.195. The number of carbonyl (C=O) groups excluding carboxylic acids is 2. The van der Waals surface area contributed by atoms with Gasteiger partial charge in [-0.15, -0.1) is 0 Å². The van der Waals surface area contributed by atoms with E-state index in [1.807, 2.05) is 19.9 Å². The first-order valence-corrected chi connectivity index (χ1v) is 5.97. The zero-order valence-corrected chi connectivity index (χ0v) is 11.0. The fourth-order valence-corrected chi connectivity index (χ4v) is 1.51. The summed E-state index contributed by atoms with van der Waals surface area (Å²) < 4.78 is 5.26. The third kappa shape index (κ3) is 4.95. The molecule has 1 aromatic carbocycles. The van der Waals surface area contributed by atoms with Crippen LogP contribution < -0.4 is 0 Å². The van der Waals surface area contributed by atoms with Crippen LogP contribution in [0.5, 0.6) is 0 Å². The van der Waals surface area contributed by atoms with E-state index in [0.29, 0.717) is 23.7 Å². The van der Waals surface area contributed by atoms with Crippen molar-refractivity contribution in [2.75, 3.05) is 0 Å². The van der Waals surface area contributed by atoms with Crippen LogP contribution in [0.1, 0.15) is 37.6 Å². The summed E-state index contributed by atoms with van der Waals surface area (Å²) in [6.45, 7) is 5.45. The molecule has 0 radical (unpaired) electrons. The van der Waals surface area contributed by atoms with Gasteiger partial charge < -0.3 is 4.74 Å². The van der Waals surface area contributed by atoms with Gasteiger partial charge in [0, 0.05) is 12.5 Å². The van der Waals surface area contributed by atoms with Gasteiger partial charge in [0.25, 0.3) is 0 Å². The molecule has 0 heterocycles. The Bertz CT molecular complexity index is 444. The fraction of sp³-hybridized carbons (Fsp3) is 0.333. The summed E-state index contributed by atoms with van der Waals surface area (Å²) in [5, 5.41) is 0. The summed E-state index contributed by atoms with van der Waals surface area (Å²) in [7, 11) is 0. The molecule has 0 amide bonds. The highest BCUT2D eigenvalue weighted by molar-refractivity contribution is 5.91.